The summed E-state index contributed by atoms with van der Waals surface area (Å²) in [5, 5.41) is 20.0. The number of aliphatic hydroxyl groups excluding tert-OH is 1. The van der Waals surface area contributed by atoms with Gasteiger partial charge in [0.1, 0.15) is 17.6 Å². The Balaban J connectivity index is 1.84. The fourth-order valence-corrected chi connectivity index (χ4v) is 2.08. The second kappa shape index (κ2) is 5.37. The Kier molecular flexibility index (Phi) is 3.41. The van der Waals surface area contributed by atoms with E-state index in [1.54, 1.807) is 41.8 Å². The summed E-state index contributed by atoms with van der Waals surface area (Å²) in [5.74, 6) is 0.900. The van der Waals surface area contributed by atoms with Gasteiger partial charge in [-0.15, -0.1) is 10.2 Å². The van der Waals surface area contributed by atoms with E-state index in [0.717, 1.165) is 0 Å². The zero-order chi connectivity index (χ0) is 14.8. The average molecular weight is 286 g/mol. The van der Waals surface area contributed by atoms with E-state index in [0.29, 0.717) is 22.8 Å². The molecule has 3 rings (SSSR count). The van der Waals surface area contributed by atoms with Crippen molar-refractivity contribution in [3.63, 3.8) is 0 Å². The largest absolute Gasteiger partial charge is 0.467 e. The fraction of sp³-hybridized carbons (Fsp3) is 0.214. The van der Waals surface area contributed by atoms with Crippen molar-refractivity contribution in [2.45, 2.75) is 13.0 Å². The molecule has 7 heteroatoms. The van der Waals surface area contributed by atoms with Crippen LogP contribution < -0.4 is 5.32 Å². The Morgan fingerprint density at radius 3 is 3.00 bits per heavy atom. The second-order valence-corrected chi connectivity index (χ2v) is 4.62. The number of carbonyl (C=O) groups excluding carboxylic acids is 1. The summed E-state index contributed by atoms with van der Waals surface area (Å²) in [5.41, 5.74) is 1.13. The predicted molar refractivity (Wildman–Crippen MR) is 73.7 cm³/mol. The Hall–Kier alpha value is -2.67. The van der Waals surface area contributed by atoms with E-state index in [4.69, 9.17) is 4.42 Å². The minimum atomic E-state index is -0.579. The molecule has 0 aliphatic rings. The molecule has 1 amide bonds. The average Bonchev–Trinajstić information content (AvgIpc) is 3.15. The number of carbonyl (C=O) groups is 1. The molecule has 0 saturated heterocycles. The summed E-state index contributed by atoms with van der Waals surface area (Å²) >= 11 is 0. The highest BCUT2D eigenvalue weighted by Crippen LogP contribution is 2.14. The molecule has 108 valence electrons. The van der Waals surface area contributed by atoms with Crippen LogP contribution in [0.3, 0.4) is 0 Å². The first-order valence-corrected chi connectivity index (χ1v) is 6.45. The Morgan fingerprint density at radius 1 is 1.43 bits per heavy atom. The summed E-state index contributed by atoms with van der Waals surface area (Å²) in [6.45, 7) is 1.56. The van der Waals surface area contributed by atoms with Gasteiger partial charge in [0.15, 0.2) is 5.65 Å². The molecule has 0 spiro atoms. The molecular weight excluding hydrogens is 272 g/mol. The van der Waals surface area contributed by atoms with E-state index in [9.17, 15) is 9.90 Å². The molecule has 1 atom stereocenters. The molecule has 3 heterocycles. The van der Waals surface area contributed by atoms with Crippen molar-refractivity contribution in [2.75, 3.05) is 6.61 Å². The number of hydrogen-bond acceptors (Lipinski definition) is 5. The van der Waals surface area contributed by atoms with E-state index in [1.807, 2.05) is 0 Å². The summed E-state index contributed by atoms with van der Waals surface area (Å²) in [6.07, 6.45) is 3.16. The van der Waals surface area contributed by atoms with Gasteiger partial charge in [-0.1, -0.05) is 0 Å². The summed E-state index contributed by atoms with van der Waals surface area (Å²) in [4.78, 5) is 12.3. The molecule has 1 unspecified atom stereocenters. The number of hydrogen-bond donors (Lipinski definition) is 2. The lowest BCUT2D eigenvalue weighted by molar-refractivity contribution is 0.0907. The number of nitrogens with zero attached hydrogens (tertiary/aromatic N) is 3. The number of fused-ring (bicyclic) bond motifs is 1. The van der Waals surface area contributed by atoms with Crippen LogP contribution in [0.4, 0.5) is 0 Å². The lowest BCUT2D eigenvalue weighted by Crippen LogP contribution is -2.30. The normalized spacial score (nSPS) is 12.5. The van der Waals surface area contributed by atoms with Crippen molar-refractivity contribution in [2.24, 2.45) is 0 Å². The van der Waals surface area contributed by atoms with E-state index in [-0.39, 0.29) is 12.5 Å². The van der Waals surface area contributed by atoms with E-state index in [1.165, 1.54) is 6.26 Å². The standard InChI is InChI=1S/C14H14N4O3/c1-9-16-17-13-5-4-10(7-18(9)13)14(20)15-11(8-19)12-3-2-6-21-12/h2-7,11,19H,8H2,1H3,(H,15,20). The number of nitrogens with one attached hydrogen (secondary N) is 1. The number of amides is 1. The van der Waals surface area contributed by atoms with E-state index >= 15 is 0 Å². The van der Waals surface area contributed by atoms with Gasteiger partial charge in [-0.2, -0.15) is 0 Å². The van der Waals surface area contributed by atoms with Crippen LogP contribution in [-0.4, -0.2) is 32.2 Å². The van der Waals surface area contributed by atoms with Crippen LogP contribution in [-0.2, 0) is 0 Å². The van der Waals surface area contributed by atoms with Crippen molar-refractivity contribution in [1.82, 2.24) is 19.9 Å². The second-order valence-electron chi connectivity index (χ2n) is 4.62. The van der Waals surface area contributed by atoms with Gasteiger partial charge in [0.05, 0.1) is 18.4 Å². The molecule has 3 aromatic heterocycles. The SMILES string of the molecule is Cc1nnc2ccc(C(=O)NC(CO)c3ccco3)cn12. The minimum Gasteiger partial charge on any atom is -0.467 e. The molecule has 0 radical (unpaired) electrons. The Labute approximate surface area is 120 Å². The lowest BCUT2D eigenvalue weighted by atomic mass is 10.2. The molecule has 2 N–H and O–H groups in total. The molecule has 3 aromatic rings. The first-order chi connectivity index (χ1) is 10.2. The Morgan fingerprint density at radius 2 is 2.29 bits per heavy atom. The molecule has 0 aliphatic carbocycles. The van der Waals surface area contributed by atoms with Gasteiger partial charge in [-0.05, 0) is 31.2 Å². The van der Waals surface area contributed by atoms with Crippen LogP contribution in [0.5, 0.6) is 0 Å². The van der Waals surface area contributed by atoms with Crippen molar-refractivity contribution in [3.05, 3.63) is 53.9 Å². The first kappa shape index (κ1) is 13.3. The number of aromatic nitrogens is 3. The zero-order valence-electron chi connectivity index (χ0n) is 11.4. The molecule has 0 bridgehead atoms. The van der Waals surface area contributed by atoms with E-state index < -0.39 is 6.04 Å². The quantitative estimate of drug-likeness (QED) is 0.749. The number of rotatable bonds is 4. The topological polar surface area (TPSA) is 92.7 Å². The molecule has 0 saturated carbocycles. The molecular formula is C14H14N4O3. The third kappa shape index (κ3) is 2.50. The fourth-order valence-electron chi connectivity index (χ4n) is 2.08. The molecule has 7 nitrogen and oxygen atoms in total. The highest BCUT2D eigenvalue weighted by Gasteiger charge is 2.17. The minimum absolute atomic E-state index is 0.243. The maximum absolute atomic E-state index is 12.3. The number of aryl methyl sites for hydroxylation is 1. The highest BCUT2D eigenvalue weighted by atomic mass is 16.3. The van der Waals surface area contributed by atoms with Crippen LogP contribution in [0.1, 0.15) is 28.0 Å². The summed E-state index contributed by atoms with van der Waals surface area (Å²) in [7, 11) is 0. The monoisotopic (exact) mass is 286 g/mol. The Bertz CT molecular complexity index is 764. The van der Waals surface area contributed by atoms with Gasteiger partial charge in [-0.25, -0.2) is 0 Å². The zero-order valence-corrected chi connectivity index (χ0v) is 11.4. The molecule has 0 fully saturated rings. The van der Waals surface area contributed by atoms with Crippen LogP contribution in [0.15, 0.2) is 41.1 Å². The number of pyridine rings is 1. The molecule has 21 heavy (non-hydrogen) atoms. The maximum Gasteiger partial charge on any atom is 0.253 e. The van der Waals surface area contributed by atoms with Gasteiger partial charge in [-0.3, -0.25) is 9.20 Å². The highest BCUT2D eigenvalue weighted by molar-refractivity contribution is 5.94. The van der Waals surface area contributed by atoms with Gasteiger partial charge in [0, 0.05) is 6.20 Å². The van der Waals surface area contributed by atoms with Crippen molar-refractivity contribution < 1.29 is 14.3 Å². The smallest absolute Gasteiger partial charge is 0.253 e. The first-order valence-electron chi connectivity index (χ1n) is 6.45. The van der Waals surface area contributed by atoms with Crippen LogP contribution in [0.2, 0.25) is 0 Å². The van der Waals surface area contributed by atoms with Gasteiger partial charge in [0.2, 0.25) is 0 Å². The third-order valence-electron chi connectivity index (χ3n) is 3.21. The molecule has 0 aliphatic heterocycles. The number of aliphatic hydroxyl groups is 1. The van der Waals surface area contributed by atoms with Gasteiger partial charge >= 0.3 is 0 Å². The van der Waals surface area contributed by atoms with Crippen molar-refractivity contribution in [3.8, 4) is 0 Å². The van der Waals surface area contributed by atoms with Crippen LogP contribution in [0.25, 0.3) is 5.65 Å². The molecule has 0 aromatic carbocycles. The van der Waals surface area contributed by atoms with Crippen LogP contribution >= 0.6 is 0 Å². The number of furan rings is 1. The maximum atomic E-state index is 12.3. The van der Waals surface area contributed by atoms with Crippen molar-refractivity contribution >= 4 is 11.6 Å². The van der Waals surface area contributed by atoms with E-state index in [2.05, 4.69) is 15.5 Å². The van der Waals surface area contributed by atoms with Gasteiger partial charge < -0.3 is 14.8 Å². The van der Waals surface area contributed by atoms with Crippen molar-refractivity contribution in [1.29, 1.82) is 0 Å². The van der Waals surface area contributed by atoms with Crippen LogP contribution in [0, 0.1) is 6.92 Å². The lowest BCUT2D eigenvalue weighted by Gasteiger charge is -2.14. The summed E-state index contributed by atoms with van der Waals surface area (Å²) in [6, 6.07) is 6.21. The predicted octanol–water partition coefficient (Wildman–Crippen LogP) is 1.09. The van der Waals surface area contributed by atoms with Gasteiger partial charge in [0.25, 0.3) is 5.91 Å². The summed E-state index contributed by atoms with van der Waals surface area (Å²) < 4.78 is 6.93. The third-order valence-corrected chi connectivity index (χ3v) is 3.21.